The number of Topliss-reactive ketones (excluding diaryl/α,β-unsaturated/α-hetero) is 1. The molecule has 0 aromatic heterocycles. The highest BCUT2D eigenvalue weighted by atomic mass is 35.5. The minimum Gasteiger partial charge on any atom is -0.468 e. The maximum absolute atomic E-state index is 11.8. The summed E-state index contributed by atoms with van der Waals surface area (Å²) in [7, 11) is 1.24. The van der Waals surface area contributed by atoms with E-state index in [9.17, 15) is 9.59 Å². The smallest absolute Gasteiger partial charge is 0.315 e. The maximum atomic E-state index is 11.8. The van der Waals surface area contributed by atoms with Crippen LogP contribution in [-0.2, 0) is 20.7 Å². The molecule has 0 amide bonds. The normalized spacial score (nSPS) is 12.0. The molecule has 92 valence electrons. The Hall–Kier alpha value is -1.06. The minimum atomic E-state index is -0.813. The fraction of sp³-hybridized carbons (Fsp3) is 0.333. The van der Waals surface area contributed by atoms with E-state index in [0.29, 0.717) is 15.6 Å². The van der Waals surface area contributed by atoms with E-state index < -0.39 is 11.9 Å². The summed E-state index contributed by atoms with van der Waals surface area (Å²) >= 11 is 11.9. The van der Waals surface area contributed by atoms with Gasteiger partial charge in [-0.1, -0.05) is 29.3 Å². The third kappa shape index (κ3) is 3.45. The highest BCUT2D eigenvalue weighted by Gasteiger charge is 2.23. The van der Waals surface area contributed by atoms with Crippen molar-refractivity contribution in [1.29, 1.82) is 0 Å². The Bertz CT molecular complexity index is 423. The maximum Gasteiger partial charge on any atom is 0.315 e. The third-order valence-corrected chi connectivity index (χ3v) is 3.16. The highest BCUT2D eigenvalue weighted by molar-refractivity contribution is 6.36. The molecule has 5 heteroatoms. The number of ketones is 1. The standard InChI is InChI=1S/C12H12Cl2O3/c1-7(12(16)17-2)11(15)6-8-9(13)4-3-5-10(8)14/h3-5,7H,6H2,1-2H3. The van der Waals surface area contributed by atoms with E-state index in [1.165, 1.54) is 14.0 Å². The second kappa shape index (κ2) is 6.03. The van der Waals surface area contributed by atoms with Crippen molar-refractivity contribution in [3.05, 3.63) is 33.8 Å². The topological polar surface area (TPSA) is 43.4 Å². The van der Waals surface area contributed by atoms with Gasteiger partial charge < -0.3 is 4.74 Å². The largest absolute Gasteiger partial charge is 0.468 e. The number of hydrogen-bond acceptors (Lipinski definition) is 3. The van der Waals surface area contributed by atoms with Crippen LogP contribution in [0.2, 0.25) is 10.0 Å². The lowest BCUT2D eigenvalue weighted by Gasteiger charge is -2.10. The molecule has 0 fully saturated rings. The third-order valence-electron chi connectivity index (χ3n) is 2.45. The van der Waals surface area contributed by atoms with E-state index in [-0.39, 0.29) is 12.2 Å². The molecule has 1 atom stereocenters. The quantitative estimate of drug-likeness (QED) is 0.626. The van der Waals surface area contributed by atoms with Gasteiger partial charge in [-0.05, 0) is 24.6 Å². The Kier molecular flexibility index (Phi) is 4.97. The predicted molar refractivity (Wildman–Crippen MR) is 66.4 cm³/mol. The molecule has 0 bridgehead atoms. The number of methoxy groups -OCH3 is 1. The van der Waals surface area contributed by atoms with Crippen molar-refractivity contribution in [3.8, 4) is 0 Å². The van der Waals surface area contributed by atoms with Crippen LogP contribution in [0.25, 0.3) is 0 Å². The average molecular weight is 275 g/mol. The van der Waals surface area contributed by atoms with Gasteiger partial charge in [0.15, 0.2) is 5.78 Å². The zero-order valence-corrected chi connectivity index (χ0v) is 11.0. The molecule has 3 nitrogen and oxygen atoms in total. The molecule has 0 aliphatic carbocycles. The predicted octanol–water partition coefficient (Wildman–Crippen LogP) is 2.91. The van der Waals surface area contributed by atoms with Gasteiger partial charge in [0.1, 0.15) is 5.92 Å². The number of esters is 1. The summed E-state index contributed by atoms with van der Waals surface area (Å²) in [5, 5.41) is 0.839. The van der Waals surface area contributed by atoms with E-state index in [2.05, 4.69) is 4.74 Å². The molecule has 0 saturated carbocycles. The number of carbonyl (C=O) groups is 2. The SMILES string of the molecule is COC(=O)C(C)C(=O)Cc1c(Cl)cccc1Cl. The van der Waals surface area contributed by atoms with Gasteiger partial charge in [-0.25, -0.2) is 0 Å². The van der Waals surface area contributed by atoms with Gasteiger partial charge in [-0.15, -0.1) is 0 Å². The van der Waals surface area contributed by atoms with Crippen LogP contribution in [-0.4, -0.2) is 18.9 Å². The molecule has 0 spiro atoms. The number of benzene rings is 1. The molecule has 0 heterocycles. The van der Waals surface area contributed by atoms with Crippen molar-refractivity contribution in [2.75, 3.05) is 7.11 Å². The fourth-order valence-electron chi connectivity index (χ4n) is 1.34. The lowest BCUT2D eigenvalue weighted by atomic mass is 9.99. The first kappa shape index (κ1) is 14.0. The summed E-state index contributed by atoms with van der Waals surface area (Å²) < 4.78 is 4.51. The first-order valence-electron chi connectivity index (χ1n) is 5.00. The molecule has 1 unspecified atom stereocenters. The van der Waals surface area contributed by atoms with Crippen LogP contribution < -0.4 is 0 Å². The molecule has 1 rings (SSSR count). The summed E-state index contributed by atoms with van der Waals surface area (Å²) in [5.74, 6) is -1.64. The summed E-state index contributed by atoms with van der Waals surface area (Å²) in [4.78, 5) is 23.0. The second-order valence-electron chi connectivity index (χ2n) is 3.59. The molecule has 0 aliphatic rings. The van der Waals surface area contributed by atoms with E-state index in [1.54, 1.807) is 18.2 Å². The monoisotopic (exact) mass is 274 g/mol. The fourth-order valence-corrected chi connectivity index (χ4v) is 1.87. The van der Waals surface area contributed by atoms with Crippen LogP contribution in [0.5, 0.6) is 0 Å². The van der Waals surface area contributed by atoms with Crippen LogP contribution in [0, 0.1) is 5.92 Å². The van der Waals surface area contributed by atoms with Gasteiger partial charge in [-0.2, -0.15) is 0 Å². The Morgan fingerprint density at radius 2 is 1.82 bits per heavy atom. The van der Waals surface area contributed by atoms with Gasteiger partial charge in [-0.3, -0.25) is 9.59 Å². The number of ether oxygens (including phenoxy) is 1. The van der Waals surface area contributed by atoms with Crippen LogP contribution >= 0.6 is 23.2 Å². The lowest BCUT2D eigenvalue weighted by Crippen LogP contribution is -2.24. The molecule has 1 aromatic rings. The Labute approximate surface area is 110 Å². The first-order valence-corrected chi connectivity index (χ1v) is 5.76. The van der Waals surface area contributed by atoms with E-state index in [0.717, 1.165) is 0 Å². The summed E-state index contributed by atoms with van der Waals surface area (Å²) in [6.07, 6.45) is 0.0226. The van der Waals surface area contributed by atoms with Gasteiger partial charge in [0, 0.05) is 16.5 Å². The van der Waals surface area contributed by atoms with Gasteiger partial charge >= 0.3 is 5.97 Å². The number of halogens is 2. The zero-order valence-electron chi connectivity index (χ0n) is 9.50. The molecule has 0 saturated heterocycles. The lowest BCUT2D eigenvalue weighted by molar-refractivity contribution is -0.148. The van der Waals surface area contributed by atoms with Crippen molar-refractivity contribution >= 4 is 35.0 Å². The molecule has 0 radical (unpaired) electrons. The van der Waals surface area contributed by atoms with Gasteiger partial charge in [0.25, 0.3) is 0 Å². The molecule has 0 N–H and O–H groups in total. The average Bonchev–Trinajstić information content (AvgIpc) is 2.31. The Morgan fingerprint density at radius 3 is 2.29 bits per heavy atom. The summed E-state index contributed by atoms with van der Waals surface area (Å²) in [6, 6.07) is 5.00. The van der Waals surface area contributed by atoms with Crippen molar-refractivity contribution in [3.63, 3.8) is 0 Å². The van der Waals surface area contributed by atoms with Crippen molar-refractivity contribution in [2.45, 2.75) is 13.3 Å². The molecule has 17 heavy (non-hydrogen) atoms. The van der Waals surface area contributed by atoms with Gasteiger partial charge in [0.2, 0.25) is 0 Å². The van der Waals surface area contributed by atoms with Crippen LogP contribution in [0.3, 0.4) is 0 Å². The van der Waals surface area contributed by atoms with Crippen molar-refractivity contribution in [2.24, 2.45) is 5.92 Å². The Morgan fingerprint density at radius 1 is 1.29 bits per heavy atom. The Balaban J connectivity index is 2.85. The number of hydrogen-bond donors (Lipinski definition) is 0. The number of carbonyl (C=O) groups excluding carboxylic acids is 2. The molecular weight excluding hydrogens is 263 g/mol. The van der Waals surface area contributed by atoms with E-state index >= 15 is 0 Å². The van der Waals surface area contributed by atoms with E-state index in [4.69, 9.17) is 23.2 Å². The van der Waals surface area contributed by atoms with Crippen molar-refractivity contribution in [1.82, 2.24) is 0 Å². The van der Waals surface area contributed by atoms with Crippen LogP contribution in [0.4, 0.5) is 0 Å². The van der Waals surface area contributed by atoms with Gasteiger partial charge in [0.05, 0.1) is 7.11 Å². The van der Waals surface area contributed by atoms with Crippen LogP contribution in [0.15, 0.2) is 18.2 Å². The summed E-state index contributed by atoms with van der Waals surface area (Å²) in [5.41, 5.74) is 0.539. The highest BCUT2D eigenvalue weighted by Crippen LogP contribution is 2.25. The molecular formula is C12H12Cl2O3. The van der Waals surface area contributed by atoms with Crippen LogP contribution in [0.1, 0.15) is 12.5 Å². The zero-order chi connectivity index (χ0) is 13.0. The molecule has 0 aliphatic heterocycles. The minimum absolute atomic E-state index is 0.0226. The van der Waals surface area contributed by atoms with E-state index in [1.807, 2.05) is 0 Å². The molecule has 1 aromatic carbocycles. The summed E-state index contributed by atoms with van der Waals surface area (Å²) in [6.45, 7) is 1.50. The number of rotatable bonds is 4. The second-order valence-corrected chi connectivity index (χ2v) is 4.40. The first-order chi connectivity index (χ1) is 7.97. The van der Waals surface area contributed by atoms with Crippen molar-refractivity contribution < 1.29 is 14.3 Å².